The SMILES string of the molecule is CC(C)Cc1cc(C(N)(Cc2ccccc2)c2cc(F)cc(C(F)(F)F)c2)ccc1F. The largest absolute Gasteiger partial charge is 0.416 e. The van der Waals surface area contributed by atoms with Crippen molar-refractivity contribution < 1.29 is 22.0 Å². The van der Waals surface area contributed by atoms with E-state index in [1.165, 1.54) is 12.1 Å². The van der Waals surface area contributed by atoms with Crippen LogP contribution >= 0.6 is 0 Å². The molecule has 0 saturated carbocycles. The molecule has 0 spiro atoms. The van der Waals surface area contributed by atoms with Crippen LogP contribution in [0.15, 0.2) is 66.7 Å². The van der Waals surface area contributed by atoms with Gasteiger partial charge in [0, 0.05) is 0 Å². The Bertz CT molecular complexity index is 1040. The zero-order chi connectivity index (χ0) is 22.8. The minimum Gasteiger partial charge on any atom is -0.317 e. The smallest absolute Gasteiger partial charge is 0.317 e. The summed E-state index contributed by atoms with van der Waals surface area (Å²) in [7, 11) is 0. The summed E-state index contributed by atoms with van der Waals surface area (Å²) >= 11 is 0. The monoisotopic (exact) mass is 433 g/mol. The van der Waals surface area contributed by atoms with E-state index in [1.54, 1.807) is 30.3 Å². The van der Waals surface area contributed by atoms with Crippen LogP contribution in [-0.2, 0) is 24.6 Å². The van der Waals surface area contributed by atoms with Crippen molar-refractivity contribution in [2.24, 2.45) is 11.7 Å². The normalized spacial score (nSPS) is 14.0. The highest BCUT2D eigenvalue weighted by molar-refractivity contribution is 5.44. The molecule has 0 aliphatic carbocycles. The lowest BCUT2D eigenvalue weighted by Gasteiger charge is -2.32. The van der Waals surface area contributed by atoms with Crippen molar-refractivity contribution in [3.05, 3.63) is 106 Å². The van der Waals surface area contributed by atoms with Gasteiger partial charge in [0.15, 0.2) is 0 Å². The highest BCUT2D eigenvalue weighted by Crippen LogP contribution is 2.37. The first kappa shape index (κ1) is 22.9. The maximum absolute atomic E-state index is 14.4. The van der Waals surface area contributed by atoms with Crippen LogP contribution in [0.5, 0.6) is 0 Å². The zero-order valence-electron chi connectivity index (χ0n) is 17.3. The fraction of sp³-hybridized carbons (Fsp3) is 0.280. The molecule has 3 aromatic carbocycles. The van der Waals surface area contributed by atoms with Gasteiger partial charge in [-0.2, -0.15) is 13.2 Å². The highest BCUT2D eigenvalue weighted by atomic mass is 19.4. The second kappa shape index (κ2) is 8.79. The van der Waals surface area contributed by atoms with Crippen molar-refractivity contribution in [3.63, 3.8) is 0 Å². The van der Waals surface area contributed by atoms with Crippen LogP contribution in [-0.4, -0.2) is 0 Å². The lowest BCUT2D eigenvalue weighted by molar-refractivity contribution is -0.137. The summed E-state index contributed by atoms with van der Waals surface area (Å²) in [6.45, 7) is 3.88. The Hall–Kier alpha value is -2.73. The van der Waals surface area contributed by atoms with E-state index in [0.717, 1.165) is 17.7 Å². The molecule has 1 nitrogen and oxygen atoms in total. The number of alkyl halides is 3. The third kappa shape index (κ3) is 5.31. The molecule has 3 aromatic rings. The van der Waals surface area contributed by atoms with Crippen LogP contribution in [0.3, 0.4) is 0 Å². The molecule has 0 aliphatic heterocycles. The average Bonchev–Trinajstić information content (AvgIpc) is 2.69. The molecule has 1 unspecified atom stereocenters. The Balaban J connectivity index is 2.21. The van der Waals surface area contributed by atoms with Gasteiger partial charge >= 0.3 is 6.18 Å². The fourth-order valence-electron chi connectivity index (χ4n) is 3.75. The molecule has 1 atom stereocenters. The second-order valence-electron chi connectivity index (χ2n) is 8.26. The van der Waals surface area contributed by atoms with Crippen molar-refractivity contribution in [3.8, 4) is 0 Å². The highest BCUT2D eigenvalue weighted by Gasteiger charge is 2.36. The van der Waals surface area contributed by atoms with Gasteiger partial charge in [-0.25, -0.2) is 8.78 Å². The molecule has 0 aromatic heterocycles. The maximum atomic E-state index is 14.4. The molecule has 0 saturated heterocycles. The van der Waals surface area contributed by atoms with E-state index in [2.05, 4.69) is 0 Å². The molecule has 2 N–H and O–H groups in total. The topological polar surface area (TPSA) is 26.0 Å². The Kier molecular flexibility index (Phi) is 6.51. The summed E-state index contributed by atoms with van der Waals surface area (Å²) in [5.41, 5.74) is 5.72. The average molecular weight is 433 g/mol. The van der Waals surface area contributed by atoms with Gasteiger partial charge in [-0.3, -0.25) is 0 Å². The zero-order valence-corrected chi connectivity index (χ0v) is 17.3. The van der Waals surface area contributed by atoms with Crippen molar-refractivity contribution >= 4 is 0 Å². The third-order valence-electron chi connectivity index (χ3n) is 5.26. The lowest BCUT2D eigenvalue weighted by atomic mass is 9.77. The Morgan fingerprint density at radius 1 is 0.806 bits per heavy atom. The summed E-state index contributed by atoms with van der Waals surface area (Å²) < 4.78 is 68.7. The van der Waals surface area contributed by atoms with E-state index in [1.807, 2.05) is 19.9 Å². The molecule has 0 fully saturated rings. The first-order valence-electron chi connectivity index (χ1n) is 9.99. The first-order chi connectivity index (χ1) is 14.5. The van der Waals surface area contributed by atoms with Crippen LogP contribution in [0, 0.1) is 17.6 Å². The number of rotatable bonds is 6. The Morgan fingerprint density at radius 3 is 2.06 bits per heavy atom. The number of nitrogens with two attached hydrogens (primary N) is 1. The van der Waals surface area contributed by atoms with Gasteiger partial charge in [0.05, 0.1) is 11.1 Å². The van der Waals surface area contributed by atoms with Crippen LogP contribution < -0.4 is 5.73 Å². The molecule has 0 aliphatic rings. The molecular weight excluding hydrogens is 409 g/mol. The van der Waals surface area contributed by atoms with Crippen LogP contribution in [0.2, 0.25) is 0 Å². The van der Waals surface area contributed by atoms with E-state index in [9.17, 15) is 22.0 Å². The van der Waals surface area contributed by atoms with Crippen molar-refractivity contribution in [1.29, 1.82) is 0 Å². The Labute approximate surface area is 178 Å². The van der Waals surface area contributed by atoms with E-state index in [0.29, 0.717) is 23.6 Å². The molecule has 0 radical (unpaired) electrons. The van der Waals surface area contributed by atoms with Crippen LogP contribution in [0.1, 0.15) is 41.7 Å². The quantitative estimate of drug-likeness (QED) is 0.434. The van der Waals surface area contributed by atoms with Gasteiger partial charge in [0.2, 0.25) is 0 Å². The van der Waals surface area contributed by atoms with Gasteiger partial charge in [0.1, 0.15) is 11.6 Å². The molecule has 31 heavy (non-hydrogen) atoms. The van der Waals surface area contributed by atoms with Crippen molar-refractivity contribution in [1.82, 2.24) is 0 Å². The van der Waals surface area contributed by atoms with Crippen LogP contribution in [0.25, 0.3) is 0 Å². The molecule has 6 heteroatoms. The van der Waals surface area contributed by atoms with Gasteiger partial charge in [-0.15, -0.1) is 0 Å². The molecule has 0 heterocycles. The van der Waals surface area contributed by atoms with Gasteiger partial charge in [0.25, 0.3) is 0 Å². The van der Waals surface area contributed by atoms with E-state index >= 15 is 0 Å². The minimum absolute atomic E-state index is 0.0224. The Morgan fingerprint density at radius 2 is 1.45 bits per heavy atom. The number of hydrogen-bond acceptors (Lipinski definition) is 1. The molecule has 164 valence electrons. The minimum atomic E-state index is -4.73. The van der Waals surface area contributed by atoms with Crippen LogP contribution in [0.4, 0.5) is 22.0 Å². The number of halogens is 5. The first-order valence-corrected chi connectivity index (χ1v) is 9.99. The summed E-state index contributed by atoms with van der Waals surface area (Å²) in [6.07, 6.45) is -4.17. The predicted molar refractivity (Wildman–Crippen MR) is 111 cm³/mol. The van der Waals surface area contributed by atoms with Gasteiger partial charge in [-0.1, -0.05) is 56.3 Å². The molecule has 0 bridgehead atoms. The maximum Gasteiger partial charge on any atom is 0.416 e. The standard InChI is InChI=1S/C25H24F5N/c1-16(2)10-18-11-19(8-9-23(18)27)24(31,15-17-6-4-3-5-7-17)20-12-21(25(28,29)30)14-22(26)13-20/h3-9,11-14,16H,10,15,31H2,1-2H3. The van der Waals surface area contributed by atoms with Gasteiger partial charge in [-0.05, 0) is 65.3 Å². The van der Waals surface area contributed by atoms with E-state index in [4.69, 9.17) is 5.73 Å². The predicted octanol–water partition coefficient (Wildman–Crippen LogP) is 6.63. The van der Waals surface area contributed by atoms with E-state index in [-0.39, 0.29) is 17.9 Å². The van der Waals surface area contributed by atoms with Crippen molar-refractivity contribution in [2.45, 2.75) is 38.4 Å². The fourth-order valence-corrected chi connectivity index (χ4v) is 3.75. The summed E-state index contributed by atoms with van der Waals surface area (Å²) in [5.74, 6) is -1.27. The molecular formula is C25H24F5N. The number of hydrogen-bond donors (Lipinski definition) is 1. The summed E-state index contributed by atoms with van der Waals surface area (Å²) in [6, 6.07) is 15.6. The second-order valence-corrected chi connectivity index (χ2v) is 8.26. The van der Waals surface area contributed by atoms with Gasteiger partial charge < -0.3 is 5.73 Å². The number of benzene rings is 3. The summed E-state index contributed by atoms with van der Waals surface area (Å²) in [5, 5.41) is 0. The third-order valence-corrected chi connectivity index (χ3v) is 5.26. The lowest BCUT2D eigenvalue weighted by Crippen LogP contribution is -2.41. The molecule has 0 amide bonds. The molecule has 3 rings (SSSR count). The van der Waals surface area contributed by atoms with E-state index < -0.39 is 28.9 Å². The summed E-state index contributed by atoms with van der Waals surface area (Å²) in [4.78, 5) is 0. The van der Waals surface area contributed by atoms with Crippen molar-refractivity contribution in [2.75, 3.05) is 0 Å².